The van der Waals surface area contributed by atoms with E-state index in [4.69, 9.17) is 5.73 Å². The molecular formula is C12H16F4N2O2S. The Bertz CT molecular complexity index is 591. The molecule has 0 aliphatic carbocycles. The maximum atomic E-state index is 12.8. The quantitative estimate of drug-likeness (QED) is 0.751. The van der Waals surface area contributed by atoms with Gasteiger partial charge in [0.25, 0.3) is 0 Å². The van der Waals surface area contributed by atoms with Crippen molar-refractivity contribution in [3.8, 4) is 0 Å². The lowest BCUT2D eigenvalue weighted by Gasteiger charge is -2.16. The molecule has 0 aliphatic heterocycles. The lowest BCUT2D eigenvalue weighted by Crippen LogP contribution is -2.41. The molecule has 0 amide bonds. The first kappa shape index (κ1) is 17.9. The Labute approximate surface area is 120 Å². The first-order valence-corrected chi connectivity index (χ1v) is 7.60. The normalized spacial score (nSPS) is 12.9. The van der Waals surface area contributed by atoms with Crippen molar-refractivity contribution in [1.29, 1.82) is 0 Å². The van der Waals surface area contributed by atoms with Crippen molar-refractivity contribution >= 4 is 10.0 Å². The zero-order valence-corrected chi connectivity index (χ0v) is 12.1. The van der Waals surface area contributed by atoms with Gasteiger partial charge in [0.2, 0.25) is 10.0 Å². The summed E-state index contributed by atoms with van der Waals surface area (Å²) in [5.74, 6) is -4.42. The van der Waals surface area contributed by atoms with E-state index < -0.39 is 28.9 Å². The van der Waals surface area contributed by atoms with Crippen molar-refractivity contribution in [2.45, 2.75) is 37.1 Å². The molecule has 120 valence electrons. The lowest BCUT2D eigenvalue weighted by molar-refractivity contribution is -0.122. The highest BCUT2D eigenvalue weighted by Gasteiger charge is 2.41. The van der Waals surface area contributed by atoms with Crippen molar-refractivity contribution in [2.75, 3.05) is 6.54 Å². The summed E-state index contributed by atoms with van der Waals surface area (Å²) in [5, 5.41) is 0. The van der Waals surface area contributed by atoms with E-state index in [1.807, 2.05) is 6.92 Å². The molecule has 0 aliphatic rings. The summed E-state index contributed by atoms with van der Waals surface area (Å²) in [6.07, 6.45) is -3.31. The number of nitrogens with one attached hydrogen (secondary N) is 1. The minimum atomic E-state index is -4.42. The molecule has 3 N–H and O–H groups in total. The predicted octanol–water partition coefficient (Wildman–Crippen LogP) is 1.89. The first-order chi connectivity index (χ1) is 9.64. The molecule has 0 unspecified atom stereocenters. The Kier molecular flexibility index (Phi) is 5.71. The third-order valence-corrected chi connectivity index (χ3v) is 4.30. The molecule has 4 nitrogen and oxygen atoms in total. The van der Waals surface area contributed by atoms with Crippen LogP contribution in [0.25, 0.3) is 0 Å². The van der Waals surface area contributed by atoms with Crippen molar-refractivity contribution in [2.24, 2.45) is 5.73 Å². The third kappa shape index (κ3) is 4.39. The van der Waals surface area contributed by atoms with Gasteiger partial charge >= 0.3 is 12.3 Å². The molecular weight excluding hydrogens is 312 g/mol. The lowest BCUT2D eigenvalue weighted by atomic mass is 10.1. The van der Waals surface area contributed by atoms with Gasteiger partial charge in [-0.3, -0.25) is 0 Å². The minimum Gasteiger partial charge on any atom is -0.326 e. The van der Waals surface area contributed by atoms with Gasteiger partial charge in [0.15, 0.2) is 0 Å². The fourth-order valence-corrected chi connectivity index (χ4v) is 2.75. The van der Waals surface area contributed by atoms with Crippen LogP contribution in [-0.4, -0.2) is 27.3 Å². The summed E-state index contributed by atoms with van der Waals surface area (Å²) >= 11 is 0. The molecule has 0 aromatic heterocycles. The number of rotatable bonds is 7. The highest BCUT2D eigenvalue weighted by molar-refractivity contribution is 7.89. The molecule has 0 atom stereocenters. The third-order valence-electron chi connectivity index (χ3n) is 2.91. The molecule has 1 aromatic carbocycles. The second kappa shape index (κ2) is 6.71. The standard InChI is InChI=1S/C12H16F4N2O2S/c1-2-8-3-4-10(5-9(8)6-17)21(19,20)18-7-12(15,16)11(13)14/h3-5,11,18H,2,6-7,17H2,1H3. The number of benzene rings is 1. The topological polar surface area (TPSA) is 72.2 Å². The van der Waals surface area contributed by atoms with Gasteiger partial charge in [0.05, 0.1) is 11.4 Å². The van der Waals surface area contributed by atoms with Crippen molar-refractivity contribution in [3.63, 3.8) is 0 Å². The van der Waals surface area contributed by atoms with Crippen LogP contribution in [0.5, 0.6) is 0 Å². The van der Waals surface area contributed by atoms with Gasteiger partial charge in [0, 0.05) is 6.54 Å². The summed E-state index contributed by atoms with van der Waals surface area (Å²) in [4.78, 5) is -0.287. The number of alkyl halides is 4. The van der Waals surface area contributed by atoms with Crippen LogP contribution in [0.1, 0.15) is 18.1 Å². The maximum absolute atomic E-state index is 12.8. The highest BCUT2D eigenvalue weighted by atomic mass is 32.2. The summed E-state index contributed by atoms with van der Waals surface area (Å²) in [6.45, 7) is 0.268. The molecule has 0 radical (unpaired) electrons. The number of sulfonamides is 1. The molecule has 1 aromatic rings. The average Bonchev–Trinajstić information content (AvgIpc) is 2.44. The first-order valence-electron chi connectivity index (χ1n) is 6.11. The van der Waals surface area contributed by atoms with Gasteiger partial charge < -0.3 is 5.73 Å². The van der Waals surface area contributed by atoms with E-state index in [0.29, 0.717) is 12.0 Å². The van der Waals surface area contributed by atoms with Gasteiger partial charge in [0.1, 0.15) is 0 Å². The monoisotopic (exact) mass is 328 g/mol. The van der Waals surface area contributed by atoms with Crippen LogP contribution in [0.2, 0.25) is 0 Å². The number of aryl methyl sites for hydroxylation is 1. The van der Waals surface area contributed by atoms with Gasteiger partial charge in [-0.1, -0.05) is 13.0 Å². The smallest absolute Gasteiger partial charge is 0.320 e. The molecule has 9 heteroatoms. The number of nitrogens with two attached hydrogens (primary N) is 1. The number of hydrogen-bond acceptors (Lipinski definition) is 3. The van der Waals surface area contributed by atoms with E-state index in [9.17, 15) is 26.0 Å². The SMILES string of the molecule is CCc1ccc(S(=O)(=O)NCC(F)(F)C(F)F)cc1CN. The zero-order chi connectivity index (χ0) is 16.3. The summed E-state index contributed by atoms with van der Waals surface area (Å²) in [7, 11) is -4.30. The Hall–Kier alpha value is -1.19. The van der Waals surface area contributed by atoms with E-state index >= 15 is 0 Å². The van der Waals surface area contributed by atoms with Crippen LogP contribution in [0.3, 0.4) is 0 Å². The number of halogens is 4. The van der Waals surface area contributed by atoms with Crippen molar-refractivity contribution in [3.05, 3.63) is 29.3 Å². The Morgan fingerprint density at radius 1 is 1.29 bits per heavy atom. The summed E-state index contributed by atoms with van der Waals surface area (Å²) in [5.41, 5.74) is 6.87. The van der Waals surface area contributed by atoms with Gasteiger partial charge in [-0.15, -0.1) is 0 Å². The molecule has 0 saturated heterocycles. The van der Waals surface area contributed by atoms with Crippen LogP contribution in [0, 0.1) is 0 Å². The van der Waals surface area contributed by atoms with E-state index in [-0.39, 0.29) is 11.4 Å². The van der Waals surface area contributed by atoms with E-state index in [2.05, 4.69) is 0 Å². The molecule has 0 fully saturated rings. The van der Waals surface area contributed by atoms with Crippen molar-refractivity contribution < 1.29 is 26.0 Å². The van der Waals surface area contributed by atoms with Crippen LogP contribution in [0.4, 0.5) is 17.6 Å². The molecule has 0 heterocycles. The molecule has 0 bridgehead atoms. The molecule has 0 spiro atoms. The van der Waals surface area contributed by atoms with Crippen LogP contribution in [0.15, 0.2) is 23.1 Å². The second-order valence-electron chi connectivity index (χ2n) is 4.37. The predicted molar refractivity (Wildman–Crippen MR) is 69.9 cm³/mol. The van der Waals surface area contributed by atoms with E-state index in [1.165, 1.54) is 22.9 Å². The Morgan fingerprint density at radius 3 is 2.38 bits per heavy atom. The van der Waals surface area contributed by atoms with Gasteiger partial charge in [-0.2, -0.15) is 8.78 Å². The maximum Gasteiger partial charge on any atom is 0.320 e. The largest absolute Gasteiger partial charge is 0.326 e. The Morgan fingerprint density at radius 2 is 1.90 bits per heavy atom. The molecule has 21 heavy (non-hydrogen) atoms. The van der Waals surface area contributed by atoms with Gasteiger partial charge in [-0.05, 0) is 29.7 Å². The van der Waals surface area contributed by atoms with Gasteiger partial charge in [-0.25, -0.2) is 21.9 Å². The van der Waals surface area contributed by atoms with Crippen molar-refractivity contribution in [1.82, 2.24) is 4.72 Å². The fraction of sp³-hybridized carbons (Fsp3) is 0.500. The minimum absolute atomic E-state index is 0.0831. The van der Waals surface area contributed by atoms with E-state index in [0.717, 1.165) is 5.56 Å². The molecule has 1 rings (SSSR count). The summed E-state index contributed by atoms with van der Waals surface area (Å²) < 4.78 is 74.7. The average molecular weight is 328 g/mol. The van der Waals surface area contributed by atoms with Crippen LogP contribution in [-0.2, 0) is 23.0 Å². The Balaban J connectivity index is 2.98. The highest BCUT2D eigenvalue weighted by Crippen LogP contribution is 2.23. The number of hydrogen-bond donors (Lipinski definition) is 2. The van der Waals surface area contributed by atoms with E-state index in [1.54, 1.807) is 0 Å². The molecule has 0 saturated carbocycles. The fourth-order valence-electron chi connectivity index (χ4n) is 1.66. The second-order valence-corrected chi connectivity index (χ2v) is 6.14. The van der Waals surface area contributed by atoms with Crippen LogP contribution >= 0.6 is 0 Å². The zero-order valence-electron chi connectivity index (χ0n) is 11.2. The van der Waals surface area contributed by atoms with Crippen LogP contribution < -0.4 is 10.5 Å². The summed E-state index contributed by atoms with van der Waals surface area (Å²) in [6, 6.07) is 3.99.